The SMILES string of the molecule is CC(Nc1ccc(C(N)=S)c(F)c1)c1cccc(Cl)c1. The molecule has 2 rings (SSSR count). The lowest BCUT2D eigenvalue weighted by atomic mass is 10.1. The summed E-state index contributed by atoms with van der Waals surface area (Å²) in [4.78, 5) is 0.0527. The summed E-state index contributed by atoms with van der Waals surface area (Å²) in [5.74, 6) is -0.430. The topological polar surface area (TPSA) is 38.0 Å². The lowest BCUT2D eigenvalue weighted by molar-refractivity contribution is 0.625. The van der Waals surface area contributed by atoms with Crippen molar-refractivity contribution in [3.05, 3.63) is 64.4 Å². The van der Waals surface area contributed by atoms with Gasteiger partial charge in [0, 0.05) is 22.3 Å². The van der Waals surface area contributed by atoms with Crippen molar-refractivity contribution in [3.8, 4) is 0 Å². The molecule has 0 fully saturated rings. The molecule has 20 heavy (non-hydrogen) atoms. The Bertz CT molecular complexity index is 646. The molecule has 0 aliphatic rings. The predicted octanol–water partition coefficient (Wildman–Crippen LogP) is 4.29. The summed E-state index contributed by atoms with van der Waals surface area (Å²) in [5, 5.41) is 3.88. The predicted molar refractivity (Wildman–Crippen MR) is 85.8 cm³/mol. The number of benzene rings is 2. The molecule has 2 aromatic carbocycles. The van der Waals surface area contributed by atoms with Crippen molar-refractivity contribution in [2.45, 2.75) is 13.0 Å². The normalized spacial score (nSPS) is 11.9. The van der Waals surface area contributed by atoms with E-state index >= 15 is 0 Å². The average Bonchev–Trinajstić information content (AvgIpc) is 2.38. The minimum absolute atomic E-state index is 0.00350. The Balaban J connectivity index is 2.18. The molecule has 0 bridgehead atoms. The Kier molecular flexibility index (Phi) is 4.57. The Labute approximate surface area is 127 Å². The van der Waals surface area contributed by atoms with E-state index in [0.717, 1.165) is 5.56 Å². The molecule has 0 spiro atoms. The molecule has 5 heteroatoms. The highest BCUT2D eigenvalue weighted by Gasteiger charge is 2.09. The second-order valence-electron chi connectivity index (χ2n) is 4.48. The molecule has 2 aromatic rings. The first kappa shape index (κ1) is 14.8. The molecule has 1 unspecified atom stereocenters. The fourth-order valence-electron chi connectivity index (χ4n) is 1.91. The van der Waals surface area contributed by atoms with Gasteiger partial charge < -0.3 is 11.1 Å². The highest BCUT2D eigenvalue weighted by Crippen LogP contribution is 2.23. The van der Waals surface area contributed by atoms with Gasteiger partial charge in [-0.15, -0.1) is 0 Å². The Morgan fingerprint density at radius 3 is 2.65 bits per heavy atom. The van der Waals surface area contributed by atoms with Crippen molar-refractivity contribution in [2.24, 2.45) is 5.73 Å². The molecule has 1 atom stereocenters. The number of hydrogen-bond acceptors (Lipinski definition) is 2. The minimum atomic E-state index is -0.430. The van der Waals surface area contributed by atoms with Gasteiger partial charge >= 0.3 is 0 Å². The van der Waals surface area contributed by atoms with Crippen LogP contribution in [0.4, 0.5) is 10.1 Å². The maximum atomic E-state index is 13.8. The van der Waals surface area contributed by atoms with Crippen molar-refractivity contribution < 1.29 is 4.39 Å². The molecular formula is C15H14ClFN2S. The standard InChI is InChI=1S/C15H14ClFN2S/c1-9(10-3-2-4-11(16)7-10)19-12-5-6-13(15(18)20)14(17)8-12/h2-9,19H,1H3,(H2,18,20). The number of halogens is 2. The first-order valence-corrected chi connectivity index (χ1v) is 6.87. The van der Waals surface area contributed by atoms with Crippen LogP contribution in [0.25, 0.3) is 0 Å². The summed E-state index contributed by atoms with van der Waals surface area (Å²) >= 11 is 10.7. The van der Waals surface area contributed by atoms with Crippen molar-refractivity contribution >= 4 is 34.5 Å². The van der Waals surface area contributed by atoms with Crippen LogP contribution in [0.1, 0.15) is 24.1 Å². The van der Waals surface area contributed by atoms with E-state index in [2.05, 4.69) is 5.32 Å². The lowest BCUT2D eigenvalue weighted by Crippen LogP contribution is -2.12. The highest BCUT2D eigenvalue weighted by molar-refractivity contribution is 7.80. The summed E-state index contributed by atoms with van der Waals surface area (Å²) in [6.07, 6.45) is 0. The van der Waals surface area contributed by atoms with Gasteiger partial charge in [0.05, 0.1) is 0 Å². The van der Waals surface area contributed by atoms with E-state index in [0.29, 0.717) is 10.7 Å². The zero-order valence-electron chi connectivity index (χ0n) is 10.9. The van der Waals surface area contributed by atoms with E-state index in [1.54, 1.807) is 12.1 Å². The summed E-state index contributed by atoms with van der Waals surface area (Å²) in [5.41, 5.74) is 7.37. The van der Waals surface area contributed by atoms with Gasteiger partial charge in [0.15, 0.2) is 0 Å². The fourth-order valence-corrected chi connectivity index (χ4v) is 2.28. The smallest absolute Gasteiger partial charge is 0.135 e. The Hall–Kier alpha value is -1.65. The van der Waals surface area contributed by atoms with Crippen LogP contribution < -0.4 is 11.1 Å². The Morgan fingerprint density at radius 2 is 2.05 bits per heavy atom. The largest absolute Gasteiger partial charge is 0.389 e. The van der Waals surface area contributed by atoms with Crippen molar-refractivity contribution in [3.63, 3.8) is 0 Å². The van der Waals surface area contributed by atoms with E-state index in [1.165, 1.54) is 6.07 Å². The second-order valence-corrected chi connectivity index (χ2v) is 5.36. The average molecular weight is 309 g/mol. The monoisotopic (exact) mass is 308 g/mol. The third-order valence-electron chi connectivity index (χ3n) is 2.97. The molecule has 0 heterocycles. The van der Waals surface area contributed by atoms with Gasteiger partial charge in [-0.2, -0.15) is 0 Å². The van der Waals surface area contributed by atoms with E-state index in [-0.39, 0.29) is 16.6 Å². The summed E-state index contributed by atoms with van der Waals surface area (Å²) in [6.45, 7) is 1.98. The zero-order chi connectivity index (χ0) is 14.7. The molecule has 0 saturated carbocycles. The third-order valence-corrected chi connectivity index (χ3v) is 3.42. The maximum absolute atomic E-state index is 13.8. The zero-order valence-corrected chi connectivity index (χ0v) is 12.4. The molecule has 0 amide bonds. The molecule has 104 valence electrons. The van der Waals surface area contributed by atoms with E-state index in [9.17, 15) is 4.39 Å². The Morgan fingerprint density at radius 1 is 1.30 bits per heavy atom. The minimum Gasteiger partial charge on any atom is -0.389 e. The molecule has 0 aliphatic carbocycles. The van der Waals surface area contributed by atoms with Crippen LogP contribution in [0.2, 0.25) is 5.02 Å². The molecule has 0 aliphatic heterocycles. The van der Waals surface area contributed by atoms with Gasteiger partial charge in [-0.1, -0.05) is 36.0 Å². The van der Waals surface area contributed by atoms with Crippen LogP contribution >= 0.6 is 23.8 Å². The van der Waals surface area contributed by atoms with Crippen LogP contribution in [0.3, 0.4) is 0 Å². The van der Waals surface area contributed by atoms with Gasteiger partial charge in [-0.25, -0.2) is 4.39 Å². The van der Waals surface area contributed by atoms with Gasteiger partial charge in [0.1, 0.15) is 10.8 Å². The molecule has 3 N–H and O–H groups in total. The molecule has 0 saturated heterocycles. The lowest BCUT2D eigenvalue weighted by Gasteiger charge is -2.16. The van der Waals surface area contributed by atoms with Gasteiger partial charge in [0.25, 0.3) is 0 Å². The maximum Gasteiger partial charge on any atom is 0.135 e. The molecule has 2 nitrogen and oxygen atoms in total. The number of thiocarbonyl (C=S) groups is 1. The van der Waals surface area contributed by atoms with Gasteiger partial charge in [-0.3, -0.25) is 0 Å². The molecule has 0 aromatic heterocycles. The number of anilines is 1. The molecular weight excluding hydrogens is 295 g/mol. The summed E-state index contributed by atoms with van der Waals surface area (Å²) in [6, 6.07) is 12.2. The quantitative estimate of drug-likeness (QED) is 0.828. The highest BCUT2D eigenvalue weighted by atomic mass is 35.5. The van der Waals surface area contributed by atoms with Gasteiger partial charge in [-0.05, 0) is 42.8 Å². The van der Waals surface area contributed by atoms with E-state index < -0.39 is 5.82 Å². The number of nitrogens with two attached hydrogens (primary N) is 1. The first-order valence-electron chi connectivity index (χ1n) is 6.08. The van der Waals surface area contributed by atoms with Crippen LogP contribution in [-0.2, 0) is 0 Å². The van der Waals surface area contributed by atoms with Gasteiger partial charge in [0.2, 0.25) is 0 Å². The number of rotatable bonds is 4. The van der Waals surface area contributed by atoms with Crippen LogP contribution in [0, 0.1) is 5.82 Å². The van der Waals surface area contributed by atoms with Crippen molar-refractivity contribution in [1.82, 2.24) is 0 Å². The summed E-state index contributed by atoms with van der Waals surface area (Å²) < 4.78 is 13.8. The first-order chi connectivity index (χ1) is 9.47. The number of nitrogens with one attached hydrogen (secondary N) is 1. The van der Waals surface area contributed by atoms with Crippen molar-refractivity contribution in [1.29, 1.82) is 0 Å². The van der Waals surface area contributed by atoms with E-state index in [1.807, 2.05) is 31.2 Å². The second kappa shape index (κ2) is 6.20. The molecule has 0 radical (unpaired) electrons. The summed E-state index contributed by atoms with van der Waals surface area (Å²) in [7, 11) is 0. The van der Waals surface area contributed by atoms with Crippen LogP contribution in [0.15, 0.2) is 42.5 Å². The van der Waals surface area contributed by atoms with E-state index in [4.69, 9.17) is 29.6 Å². The fraction of sp³-hybridized carbons (Fsp3) is 0.133. The number of hydrogen-bond donors (Lipinski definition) is 2. The van der Waals surface area contributed by atoms with Crippen molar-refractivity contribution in [2.75, 3.05) is 5.32 Å². The van der Waals surface area contributed by atoms with Crippen LogP contribution in [0.5, 0.6) is 0 Å². The third kappa shape index (κ3) is 3.46. The van der Waals surface area contributed by atoms with Crippen LogP contribution in [-0.4, -0.2) is 4.99 Å².